The Labute approximate surface area is 141 Å². The minimum Gasteiger partial charge on any atom is -0.496 e. The summed E-state index contributed by atoms with van der Waals surface area (Å²) in [7, 11) is 3.57. The van der Waals surface area contributed by atoms with Crippen LogP contribution in [0.2, 0.25) is 0 Å². The van der Waals surface area contributed by atoms with Crippen molar-refractivity contribution in [1.82, 2.24) is 5.32 Å². The molecule has 5 heteroatoms. The molecule has 0 aliphatic heterocycles. The molecular weight excluding hydrogens is 398 g/mol. The van der Waals surface area contributed by atoms with E-state index in [1.807, 2.05) is 26.1 Å². The Balaban J connectivity index is 2.33. The van der Waals surface area contributed by atoms with Gasteiger partial charge in [-0.3, -0.25) is 0 Å². The highest BCUT2D eigenvalue weighted by atomic mass is 79.9. The van der Waals surface area contributed by atoms with E-state index in [0.29, 0.717) is 0 Å². The quantitative estimate of drug-likeness (QED) is 0.743. The average molecular weight is 415 g/mol. The summed E-state index contributed by atoms with van der Waals surface area (Å²) in [6.07, 6.45) is 0. The Morgan fingerprint density at radius 1 is 1.00 bits per heavy atom. The molecule has 1 N–H and O–H groups in total. The molecular formula is C16H17Br2NO2. The summed E-state index contributed by atoms with van der Waals surface area (Å²) in [5.41, 5.74) is 2.27. The van der Waals surface area contributed by atoms with Gasteiger partial charge in [-0.2, -0.15) is 0 Å². The molecule has 0 aliphatic carbocycles. The molecule has 0 bridgehead atoms. The molecule has 2 aromatic carbocycles. The van der Waals surface area contributed by atoms with Gasteiger partial charge in [0.15, 0.2) is 0 Å². The Bertz CT molecular complexity index is 644. The molecule has 0 heterocycles. The fourth-order valence-corrected chi connectivity index (χ4v) is 2.82. The minimum atomic E-state index is 0.743. The van der Waals surface area contributed by atoms with Crippen LogP contribution in [0.3, 0.4) is 0 Å². The van der Waals surface area contributed by atoms with Gasteiger partial charge in [0.2, 0.25) is 0 Å². The van der Waals surface area contributed by atoms with E-state index in [-0.39, 0.29) is 0 Å². The maximum Gasteiger partial charge on any atom is 0.143 e. The monoisotopic (exact) mass is 413 g/mol. The van der Waals surface area contributed by atoms with Crippen LogP contribution < -0.4 is 14.8 Å². The molecule has 21 heavy (non-hydrogen) atoms. The molecule has 0 saturated heterocycles. The first-order valence-electron chi connectivity index (χ1n) is 6.50. The normalized spacial score (nSPS) is 10.5. The van der Waals surface area contributed by atoms with Crippen molar-refractivity contribution in [2.45, 2.75) is 13.5 Å². The molecule has 0 spiro atoms. The molecule has 0 fully saturated rings. The SMILES string of the molecule is CNCc1ccc(C)c(Oc2cc(Br)c(OC)cc2Br)c1. The van der Waals surface area contributed by atoms with Gasteiger partial charge in [0.05, 0.1) is 16.1 Å². The smallest absolute Gasteiger partial charge is 0.143 e. The van der Waals surface area contributed by atoms with Crippen molar-refractivity contribution in [1.29, 1.82) is 0 Å². The summed E-state index contributed by atoms with van der Waals surface area (Å²) in [5, 5.41) is 3.14. The molecule has 2 rings (SSSR count). The number of methoxy groups -OCH3 is 1. The first kappa shape index (κ1) is 16.3. The number of hydrogen-bond donors (Lipinski definition) is 1. The van der Waals surface area contributed by atoms with E-state index in [4.69, 9.17) is 9.47 Å². The molecule has 0 unspecified atom stereocenters. The van der Waals surface area contributed by atoms with Crippen molar-refractivity contribution in [3.05, 3.63) is 50.4 Å². The summed E-state index contributed by atoms with van der Waals surface area (Å²) in [6, 6.07) is 9.99. The highest BCUT2D eigenvalue weighted by Gasteiger charge is 2.11. The molecule has 0 radical (unpaired) electrons. The molecule has 0 saturated carbocycles. The third-order valence-corrected chi connectivity index (χ3v) is 4.30. The predicted molar refractivity (Wildman–Crippen MR) is 92.4 cm³/mol. The molecule has 0 atom stereocenters. The Morgan fingerprint density at radius 3 is 2.33 bits per heavy atom. The van der Waals surface area contributed by atoms with Crippen LogP contribution in [0.4, 0.5) is 0 Å². The van der Waals surface area contributed by atoms with Crippen molar-refractivity contribution in [3.8, 4) is 17.2 Å². The van der Waals surface area contributed by atoms with Gasteiger partial charge in [0, 0.05) is 6.54 Å². The highest BCUT2D eigenvalue weighted by molar-refractivity contribution is 9.11. The average Bonchev–Trinajstić information content (AvgIpc) is 2.46. The second-order valence-electron chi connectivity index (χ2n) is 4.65. The lowest BCUT2D eigenvalue weighted by Crippen LogP contribution is -2.05. The Kier molecular flexibility index (Phi) is 5.67. The number of aryl methyl sites for hydroxylation is 1. The lowest BCUT2D eigenvalue weighted by molar-refractivity contribution is 0.409. The molecule has 3 nitrogen and oxygen atoms in total. The maximum absolute atomic E-state index is 6.05. The van der Waals surface area contributed by atoms with E-state index in [2.05, 4.69) is 55.4 Å². The van der Waals surface area contributed by atoms with Gasteiger partial charge in [-0.1, -0.05) is 12.1 Å². The highest BCUT2D eigenvalue weighted by Crippen LogP contribution is 2.38. The summed E-state index contributed by atoms with van der Waals surface area (Å²) < 4.78 is 13.0. The first-order valence-corrected chi connectivity index (χ1v) is 8.08. The molecule has 0 aromatic heterocycles. The zero-order valence-electron chi connectivity index (χ0n) is 12.2. The standard InChI is InChI=1S/C16H17Br2NO2/c1-10-4-5-11(9-19-2)6-14(10)21-16-8-12(17)15(20-3)7-13(16)18/h4-8,19H,9H2,1-3H3. The van der Waals surface area contributed by atoms with Crippen LogP contribution in [0.5, 0.6) is 17.2 Å². The fraction of sp³-hybridized carbons (Fsp3) is 0.250. The van der Waals surface area contributed by atoms with Crippen LogP contribution in [-0.4, -0.2) is 14.2 Å². The number of hydrogen-bond acceptors (Lipinski definition) is 3. The molecule has 0 aliphatic rings. The van der Waals surface area contributed by atoms with Crippen LogP contribution in [0.25, 0.3) is 0 Å². The van der Waals surface area contributed by atoms with E-state index in [0.717, 1.165) is 38.3 Å². The second kappa shape index (κ2) is 7.29. The van der Waals surface area contributed by atoms with E-state index in [1.165, 1.54) is 5.56 Å². The van der Waals surface area contributed by atoms with Gasteiger partial charge in [-0.15, -0.1) is 0 Å². The Morgan fingerprint density at radius 2 is 1.67 bits per heavy atom. The predicted octanol–water partition coefficient (Wildman–Crippen LogP) is 5.04. The van der Waals surface area contributed by atoms with E-state index >= 15 is 0 Å². The van der Waals surface area contributed by atoms with Crippen molar-refractivity contribution < 1.29 is 9.47 Å². The largest absolute Gasteiger partial charge is 0.496 e. The first-order chi connectivity index (χ1) is 10.0. The summed E-state index contributed by atoms with van der Waals surface area (Å²) in [4.78, 5) is 0. The second-order valence-corrected chi connectivity index (χ2v) is 6.36. The topological polar surface area (TPSA) is 30.5 Å². The number of halogens is 2. The lowest BCUT2D eigenvalue weighted by Gasteiger charge is -2.13. The zero-order chi connectivity index (χ0) is 15.4. The number of nitrogens with one attached hydrogen (secondary N) is 1. The zero-order valence-corrected chi connectivity index (χ0v) is 15.3. The van der Waals surface area contributed by atoms with E-state index in [1.54, 1.807) is 7.11 Å². The van der Waals surface area contributed by atoms with Crippen molar-refractivity contribution >= 4 is 31.9 Å². The minimum absolute atomic E-state index is 0.743. The van der Waals surface area contributed by atoms with Gasteiger partial charge in [-0.25, -0.2) is 0 Å². The lowest BCUT2D eigenvalue weighted by atomic mass is 10.1. The van der Waals surface area contributed by atoms with Crippen LogP contribution in [0.1, 0.15) is 11.1 Å². The summed E-state index contributed by atoms with van der Waals surface area (Å²) in [6.45, 7) is 2.84. The number of benzene rings is 2. The van der Waals surface area contributed by atoms with Crippen molar-refractivity contribution in [2.24, 2.45) is 0 Å². The van der Waals surface area contributed by atoms with Gasteiger partial charge in [0.1, 0.15) is 17.2 Å². The van der Waals surface area contributed by atoms with Crippen LogP contribution >= 0.6 is 31.9 Å². The van der Waals surface area contributed by atoms with Crippen LogP contribution in [-0.2, 0) is 6.54 Å². The third-order valence-electron chi connectivity index (χ3n) is 3.06. The third kappa shape index (κ3) is 3.99. The van der Waals surface area contributed by atoms with Gasteiger partial charge in [0.25, 0.3) is 0 Å². The van der Waals surface area contributed by atoms with E-state index in [9.17, 15) is 0 Å². The van der Waals surface area contributed by atoms with Crippen molar-refractivity contribution in [3.63, 3.8) is 0 Å². The number of ether oxygens (including phenoxy) is 2. The summed E-state index contributed by atoms with van der Waals surface area (Å²) in [5.74, 6) is 2.35. The van der Waals surface area contributed by atoms with Crippen LogP contribution in [0, 0.1) is 6.92 Å². The Hall–Kier alpha value is -1.04. The van der Waals surface area contributed by atoms with Gasteiger partial charge in [-0.05, 0) is 75.2 Å². The fourth-order valence-electron chi connectivity index (χ4n) is 1.93. The molecule has 0 amide bonds. The molecule has 112 valence electrons. The van der Waals surface area contributed by atoms with E-state index < -0.39 is 0 Å². The molecule has 2 aromatic rings. The number of rotatable bonds is 5. The van der Waals surface area contributed by atoms with Gasteiger partial charge < -0.3 is 14.8 Å². The van der Waals surface area contributed by atoms with Gasteiger partial charge >= 0.3 is 0 Å². The van der Waals surface area contributed by atoms with Crippen molar-refractivity contribution in [2.75, 3.05) is 14.2 Å². The maximum atomic E-state index is 6.05. The van der Waals surface area contributed by atoms with Crippen LogP contribution in [0.15, 0.2) is 39.3 Å². The summed E-state index contributed by atoms with van der Waals surface area (Å²) >= 11 is 6.99.